The maximum atomic E-state index is 9.28. The van der Waals surface area contributed by atoms with Crippen LogP contribution in [0.2, 0.25) is 0 Å². The molecule has 0 radical (unpaired) electrons. The molecule has 0 spiro atoms. The Morgan fingerprint density at radius 2 is 1.12 bits per heavy atom. The normalized spacial score (nSPS) is 11.5. The van der Waals surface area contributed by atoms with Gasteiger partial charge in [0.1, 0.15) is 0 Å². The standard InChI is InChI=1S/C6H4N6O4/c13-5-8-1-3(11(5)15)10-4-2(7-1)9-6(14)12(4)16/h15-16H,(H2,7,8,9,13,14). The van der Waals surface area contributed by atoms with Crippen LogP contribution in [0.3, 0.4) is 0 Å². The quantitative estimate of drug-likeness (QED) is 0.358. The first-order valence-corrected chi connectivity index (χ1v) is 4.03. The molecule has 0 aliphatic carbocycles. The number of hydrogen-bond acceptors (Lipinski definition) is 8. The molecule has 3 aromatic heterocycles. The molecular formula is C6H4N6O4. The van der Waals surface area contributed by atoms with Crippen LogP contribution in [0.4, 0.5) is 0 Å². The highest BCUT2D eigenvalue weighted by Crippen LogP contribution is 2.20. The molecule has 10 heteroatoms. The number of aromatic hydroxyl groups is 2. The third kappa shape index (κ3) is 0.846. The Labute approximate surface area is 85.6 Å². The fourth-order valence-electron chi connectivity index (χ4n) is 1.31. The zero-order valence-electron chi connectivity index (χ0n) is 7.47. The van der Waals surface area contributed by atoms with E-state index < -0.39 is 12.0 Å². The summed E-state index contributed by atoms with van der Waals surface area (Å²) in [7, 11) is 0. The number of hydrogen-bond donors (Lipinski definition) is 4. The molecule has 16 heavy (non-hydrogen) atoms. The van der Waals surface area contributed by atoms with Gasteiger partial charge in [0.05, 0.1) is 0 Å². The van der Waals surface area contributed by atoms with Crippen LogP contribution >= 0.6 is 0 Å². The predicted molar refractivity (Wildman–Crippen MR) is 46.3 cm³/mol. The molecule has 0 saturated heterocycles. The van der Waals surface area contributed by atoms with E-state index >= 15 is 0 Å². The molecule has 3 heterocycles. The zero-order chi connectivity index (χ0) is 11.4. The second kappa shape index (κ2) is 2.42. The molecule has 0 bridgehead atoms. The lowest BCUT2D eigenvalue weighted by molar-refractivity contribution is 0.157. The summed E-state index contributed by atoms with van der Waals surface area (Å²) in [6, 6.07) is -1.37. The number of nitrogens with zero attached hydrogens (tertiary/aromatic N) is 6. The third-order valence-electron chi connectivity index (χ3n) is 2.02. The van der Waals surface area contributed by atoms with Crippen molar-refractivity contribution in [2.45, 2.75) is 0 Å². The lowest BCUT2D eigenvalue weighted by atomic mass is 10.6. The summed E-state index contributed by atoms with van der Waals surface area (Å²) < 4.78 is 0.595. The third-order valence-corrected chi connectivity index (χ3v) is 2.02. The Hall–Kier alpha value is -2.78. The second-order valence-corrected chi connectivity index (χ2v) is 2.97. The van der Waals surface area contributed by atoms with Gasteiger partial charge in [-0.25, -0.2) is 4.98 Å². The maximum Gasteiger partial charge on any atom is 0.331 e. The van der Waals surface area contributed by atoms with Gasteiger partial charge in [0.2, 0.25) is 22.6 Å². The molecule has 10 nitrogen and oxygen atoms in total. The second-order valence-electron chi connectivity index (χ2n) is 2.97. The van der Waals surface area contributed by atoms with Crippen molar-refractivity contribution in [2.75, 3.05) is 0 Å². The van der Waals surface area contributed by atoms with Crippen LogP contribution in [0, 0.1) is 0 Å². The first kappa shape index (κ1) is 8.52. The van der Waals surface area contributed by atoms with Gasteiger partial charge in [0.25, 0.3) is 0 Å². The summed E-state index contributed by atoms with van der Waals surface area (Å²) in [6.45, 7) is 0. The zero-order valence-corrected chi connectivity index (χ0v) is 7.47. The van der Waals surface area contributed by atoms with Gasteiger partial charge in [-0.3, -0.25) is 0 Å². The van der Waals surface area contributed by atoms with Crippen molar-refractivity contribution in [1.82, 2.24) is 29.4 Å². The number of rotatable bonds is 0. The van der Waals surface area contributed by atoms with Crippen LogP contribution in [-0.4, -0.2) is 50.0 Å². The fourth-order valence-corrected chi connectivity index (χ4v) is 1.31. The van der Waals surface area contributed by atoms with E-state index in [9.17, 15) is 10.4 Å². The van der Waals surface area contributed by atoms with Crippen LogP contribution < -0.4 is 0 Å². The lowest BCUT2D eigenvalue weighted by Gasteiger charge is -1.93. The van der Waals surface area contributed by atoms with E-state index in [0.29, 0.717) is 9.46 Å². The van der Waals surface area contributed by atoms with Crippen LogP contribution in [0.1, 0.15) is 0 Å². The average molecular weight is 224 g/mol. The summed E-state index contributed by atoms with van der Waals surface area (Å²) in [5.74, 6) is 0. The number of imidazole rings is 2. The summed E-state index contributed by atoms with van der Waals surface area (Å²) >= 11 is 0. The Kier molecular flexibility index (Phi) is 1.29. The topological polar surface area (TPSA) is 142 Å². The van der Waals surface area contributed by atoms with E-state index in [2.05, 4.69) is 19.9 Å². The van der Waals surface area contributed by atoms with Gasteiger partial charge in [0, 0.05) is 0 Å². The molecule has 3 aromatic rings. The number of aromatic nitrogens is 6. The van der Waals surface area contributed by atoms with Gasteiger partial charge >= 0.3 is 12.0 Å². The maximum absolute atomic E-state index is 9.28. The van der Waals surface area contributed by atoms with Gasteiger partial charge in [-0.05, 0) is 0 Å². The first-order chi connectivity index (χ1) is 7.58. The molecule has 0 fully saturated rings. The fraction of sp³-hybridized carbons (Fsp3) is 0. The molecular weight excluding hydrogens is 220 g/mol. The molecule has 82 valence electrons. The van der Waals surface area contributed by atoms with Gasteiger partial charge in [0.15, 0.2) is 0 Å². The minimum Gasteiger partial charge on any atom is -0.478 e. The van der Waals surface area contributed by atoms with Crippen molar-refractivity contribution in [3.05, 3.63) is 0 Å². The monoisotopic (exact) mass is 224 g/mol. The van der Waals surface area contributed by atoms with Crippen molar-refractivity contribution >= 4 is 22.6 Å². The smallest absolute Gasteiger partial charge is 0.331 e. The van der Waals surface area contributed by atoms with Crippen LogP contribution in [0.25, 0.3) is 22.6 Å². The molecule has 3 rings (SSSR count). The minimum absolute atomic E-state index is 0.0643. The lowest BCUT2D eigenvalue weighted by Crippen LogP contribution is -1.96. The summed E-state index contributed by atoms with van der Waals surface area (Å²) in [4.78, 5) is 14.5. The van der Waals surface area contributed by atoms with E-state index in [-0.39, 0.29) is 22.6 Å². The molecule has 0 aliphatic rings. The SMILES string of the molecule is Oc1nc2nc3nc(O)n(O)c3nc2n1O. The first-order valence-electron chi connectivity index (χ1n) is 4.03. The molecule has 4 N–H and O–H groups in total. The van der Waals surface area contributed by atoms with Crippen molar-refractivity contribution in [3.63, 3.8) is 0 Å². The average Bonchev–Trinajstić information content (AvgIpc) is 2.66. The summed E-state index contributed by atoms with van der Waals surface area (Å²) in [5.41, 5.74) is -0.461. The van der Waals surface area contributed by atoms with Gasteiger partial charge in [-0.2, -0.15) is 15.0 Å². The number of fused-ring (bicyclic) bond motifs is 2. The van der Waals surface area contributed by atoms with Crippen molar-refractivity contribution in [2.24, 2.45) is 0 Å². The van der Waals surface area contributed by atoms with Crippen LogP contribution in [0.15, 0.2) is 0 Å². The minimum atomic E-state index is -0.684. The van der Waals surface area contributed by atoms with Crippen LogP contribution in [-0.2, 0) is 0 Å². The van der Waals surface area contributed by atoms with E-state index in [1.54, 1.807) is 0 Å². The summed E-state index contributed by atoms with van der Waals surface area (Å²) in [6.07, 6.45) is 0. The molecule has 0 amide bonds. The van der Waals surface area contributed by atoms with Crippen LogP contribution in [0.5, 0.6) is 12.0 Å². The van der Waals surface area contributed by atoms with E-state index in [1.165, 1.54) is 0 Å². The van der Waals surface area contributed by atoms with E-state index in [1.807, 2.05) is 0 Å². The van der Waals surface area contributed by atoms with E-state index in [0.717, 1.165) is 0 Å². The Morgan fingerprint density at radius 1 is 0.688 bits per heavy atom. The van der Waals surface area contributed by atoms with Crippen molar-refractivity contribution in [3.8, 4) is 12.0 Å². The highest BCUT2D eigenvalue weighted by atomic mass is 16.5. The molecule has 0 saturated carbocycles. The van der Waals surface area contributed by atoms with Crippen molar-refractivity contribution in [1.29, 1.82) is 0 Å². The van der Waals surface area contributed by atoms with Gasteiger partial charge in [-0.1, -0.05) is 0 Å². The van der Waals surface area contributed by atoms with Crippen molar-refractivity contribution < 1.29 is 20.6 Å². The van der Waals surface area contributed by atoms with Gasteiger partial charge < -0.3 is 20.6 Å². The molecule has 0 aliphatic heterocycles. The van der Waals surface area contributed by atoms with E-state index in [4.69, 9.17) is 10.2 Å². The molecule has 0 unspecified atom stereocenters. The highest BCUT2D eigenvalue weighted by Gasteiger charge is 2.18. The largest absolute Gasteiger partial charge is 0.478 e. The Morgan fingerprint density at radius 3 is 1.56 bits per heavy atom. The summed E-state index contributed by atoms with van der Waals surface area (Å²) in [5, 5.41) is 36.8. The highest BCUT2D eigenvalue weighted by molar-refractivity contribution is 5.79. The van der Waals surface area contributed by atoms with Gasteiger partial charge in [-0.15, -0.1) is 9.46 Å². The Balaban J connectivity index is 2.53. The molecule has 0 aromatic carbocycles. The Bertz CT molecular complexity index is 657. The predicted octanol–water partition coefficient (Wildman–Crippen LogP) is -0.938. The molecule has 0 atom stereocenters.